The maximum absolute atomic E-state index is 13.3. The van der Waals surface area contributed by atoms with Crippen LogP contribution in [0.4, 0.5) is 21.6 Å². The van der Waals surface area contributed by atoms with Crippen LogP contribution in [-0.2, 0) is 16.1 Å². The molecule has 1 heterocycles. The van der Waals surface area contributed by atoms with Crippen LogP contribution in [-0.4, -0.2) is 21.5 Å². The molecule has 0 saturated carbocycles. The van der Waals surface area contributed by atoms with E-state index in [9.17, 15) is 18.8 Å². The lowest BCUT2D eigenvalue weighted by atomic mass is 10.2. The number of amides is 1. The number of aromatic nitrogens is 2. The first-order valence-corrected chi connectivity index (χ1v) is 8.88. The minimum Gasteiger partial charge on any atom is -0.339 e. The Morgan fingerprint density at radius 1 is 1.03 bits per heavy atom. The summed E-state index contributed by atoms with van der Waals surface area (Å²) >= 11 is 0. The normalized spacial score (nSPS) is 10.4. The molecule has 2 aromatic carbocycles. The number of carbonyl (C=O) groups is 2. The summed E-state index contributed by atoms with van der Waals surface area (Å²) < 4.78 is 14.6. The van der Waals surface area contributed by atoms with Crippen molar-refractivity contribution in [2.24, 2.45) is 0 Å². The van der Waals surface area contributed by atoms with Gasteiger partial charge in [0.15, 0.2) is 5.82 Å². The number of hydrogen-bond acceptors (Lipinski definition) is 5. The van der Waals surface area contributed by atoms with Gasteiger partial charge in [-0.1, -0.05) is 18.2 Å². The van der Waals surface area contributed by atoms with Crippen LogP contribution in [0, 0.1) is 5.82 Å². The van der Waals surface area contributed by atoms with E-state index in [2.05, 4.69) is 15.7 Å². The van der Waals surface area contributed by atoms with Crippen LogP contribution in [0.5, 0.6) is 0 Å². The lowest BCUT2D eigenvalue weighted by Gasteiger charge is -2.10. The average molecular weight is 394 g/mol. The van der Waals surface area contributed by atoms with Crippen molar-refractivity contribution in [3.05, 3.63) is 82.4 Å². The molecule has 8 heteroatoms. The molecular weight excluding hydrogens is 375 g/mol. The van der Waals surface area contributed by atoms with E-state index >= 15 is 0 Å². The van der Waals surface area contributed by atoms with Crippen molar-refractivity contribution in [2.75, 3.05) is 10.6 Å². The van der Waals surface area contributed by atoms with Crippen LogP contribution >= 0.6 is 0 Å². The van der Waals surface area contributed by atoms with E-state index in [4.69, 9.17) is 0 Å². The first-order chi connectivity index (χ1) is 13.9. The third kappa shape index (κ3) is 5.83. The molecule has 3 rings (SSSR count). The summed E-state index contributed by atoms with van der Waals surface area (Å²) in [4.78, 5) is 35.0. The fraction of sp³-hybridized carbons (Fsp3) is 0.143. The van der Waals surface area contributed by atoms with E-state index in [0.717, 1.165) is 5.56 Å². The van der Waals surface area contributed by atoms with Crippen LogP contribution in [0.1, 0.15) is 18.9 Å². The molecule has 0 saturated heterocycles. The number of ketones is 1. The van der Waals surface area contributed by atoms with Gasteiger partial charge in [0.1, 0.15) is 11.6 Å². The topological polar surface area (TPSA) is 93.1 Å². The Bertz CT molecular complexity index is 1110. The Balaban J connectivity index is 1.76. The fourth-order valence-electron chi connectivity index (χ4n) is 2.69. The summed E-state index contributed by atoms with van der Waals surface area (Å²) in [6.45, 7) is 1.52. The minimum absolute atomic E-state index is 0.175. The molecule has 3 aromatic rings. The predicted molar refractivity (Wildman–Crippen MR) is 108 cm³/mol. The Hall–Kier alpha value is -3.81. The molecule has 0 spiro atoms. The molecule has 1 aromatic heterocycles. The molecule has 0 fully saturated rings. The summed E-state index contributed by atoms with van der Waals surface area (Å²) in [6.07, 6.45) is -0.195. The van der Waals surface area contributed by atoms with Crippen LogP contribution < -0.4 is 16.2 Å². The van der Waals surface area contributed by atoms with Crippen LogP contribution in [0.2, 0.25) is 0 Å². The monoisotopic (exact) mass is 394 g/mol. The van der Waals surface area contributed by atoms with Gasteiger partial charge in [0.2, 0.25) is 5.91 Å². The van der Waals surface area contributed by atoms with Gasteiger partial charge in [0.25, 0.3) is 5.56 Å². The van der Waals surface area contributed by atoms with Gasteiger partial charge in [-0.25, -0.2) is 9.07 Å². The van der Waals surface area contributed by atoms with Crippen molar-refractivity contribution in [1.82, 2.24) is 9.78 Å². The zero-order valence-electron chi connectivity index (χ0n) is 15.7. The molecule has 1 amide bonds. The second-order valence-electron chi connectivity index (χ2n) is 6.48. The van der Waals surface area contributed by atoms with Crippen LogP contribution in [0.3, 0.4) is 0 Å². The van der Waals surface area contributed by atoms with Crippen molar-refractivity contribution in [3.8, 4) is 0 Å². The van der Waals surface area contributed by atoms with Gasteiger partial charge in [-0.05, 0) is 48.9 Å². The number of carbonyl (C=O) groups excluding carboxylic acids is 2. The Labute approximate surface area is 166 Å². The summed E-state index contributed by atoms with van der Waals surface area (Å²) in [5.41, 5.74) is 1.47. The Morgan fingerprint density at radius 2 is 1.79 bits per heavy atom. The zero-order valence-corrected chi connectivity index (χ0v) is 15.7. The summed E-state index contributed by atoms with van der Waals surface area (Å²) in [6, 6.07) is 15.7. The van der Waals surface area contributed by atoms with Crippen LogP contribution in [0.15, 0.2) is 65.5 Å². The number of rotatable bonds is 7. The molecule has 2 N–H and O–H groups in total. The van der Waals surface area contributed by atoms with Crippen molar-refractivity contribution in [2.45, 2.75) is 19.9 Å². The number of halogens is 1. The summed E-state index contributed by atoms with van der Waals surface area (Å²) in [7, 11) is 0. The highest BCUT2D eigenvalue weighted by Crippen LogP contribution is 2.15. The first-order valence-electron chi connectivity index (χ1n) is 8.88. The Morgan fingerprint density at radius 3 is 2.55 bits per heavy atom. The SMILES string of the molecule is CC(=O)CC(=O)Nc1cccc(Cn2nc(Nc3cccc(F)c3)ccc2=O)c1. The second kappa shape index (κ2) is 8.92. The van der Waals surface area contributed by atoms with Gasteiger partial charge >= 0.3 is 0 Å². The highest BCUT2D eigenvalue weighted by molar-refractivity contribution is 6.03. The number of nitrogens with zero attached hydrogens (tertiary/aromatic N) is 2. The average Bonchev–Trinajstić information content (AvgIpc) is 2.64. The zero-order chi connectivity index (χ0) is 20.8. The molecule has 0 bridgehead atoms. The standard InChI is InChI=1S/C21H19FN4O3/c1-14(27)10-20(28)24-17-6-2-4-15(11-17)13-26-21(29)9-8-19(25-26)23-18-7-3-5-16(22)12-18/h2-9,11-12H,10,13H2,1H3,(H,23,25)(H,24,28). The molecule has 0 aliphatic rings. The van der Waals surface area contributed by atoms with Crippen LogP contribution in [0.25, 0.3) is 0 Å². The van der Waals surface area contributed by atoms with Crippen molar-refractivity contribution in [1.29, 1.82) is 0 Å². The van der Waals surface area contributed by atoms with Crippen molar-refractivity contribution >= 4 is 28.9 Å². The van der Waals surface area contributed by atoms with Gasteiger partial charge in [-0.3, -0.25) is 14.4 Å². The molecular formula is C21H19FN4O3. The van der Waals surface area contributed by atoms with E-state index < -0.39 is 5.91 Å². The van der Waals surface area contributed by atoms with Gasteiger partial charge in [0, 0.05) is 17.4 Å². The molecule has 29 heavy (non-hydrogen) atoms. The maximum atomic E-state index is 13.3. The third-order valence-corrected chi connectivity index (χ3v) is 3.92. The first kappa shape index (κ1) is 19.9. The number of benzene rings is 2. The maximum Gasteiger partial charge on any atom is 0.267 e. The molecule has 0 aliphatic carbocycles. The van der Waals surface area contributed by atoms with E-state index in [1.165, 1.54) is 35.9 Å². The van der Waals surface area contributed by atoms with Gasteiger partial charge < -0.3 is 10.6 Å². The number of hydrogen-bond donors (Lipinski definition) is 2. The fourth-order valence-corrected chi connectivity index (χ4v) is 2.69. The third-order valence-electron chi connectivity index (χ3n) is 3.92. The molecule has 0 atom stereocenters. The molecule has 0 unspecified atom stereocenters. The van der Waals surface area contributed by atoms with Crippen molar-refractivity contribution in [3.63, 3.8) is 0 Å². The molecule has 7 nitrogen and oxygen atoms in total. The highest BCUT2D eigenvalue weighted by atomic mass is 19.1. The number of nitrogens with one attached hydrogen (secondary N) is 2. The van der Waals surface area contributed by atoms with Gasteiger partial charge in [0.05, 0.1) is 13.0 Å². The number of anilines is 3. The summed E-state index contributed by atoms with van der Waals surface area (Å²) in [5.74, 6) is -0.615. The Kier molecular flexibility index (Phi) is 6.13. The lowest BCUT2D eigenvalue weighted by Crippen LogP contribution is -2.23. The van der Waals surface area contributed by atoms with E-state index in [-0.39, 0.29) is 30.1 Å². The lowest BCUT2D eigenvalue weighted by molar-refractivity contribution is -0.124. The minimum atomic E-state index is -0.397. The molecule has 0 aliphatic heterocycles. The molecule has 148 valence electrons. The largest absolute Gasteiger partial charge is 0.339 e. The summed E-state index contributed by atoms with van der Waals surface area (Å²) in [5, 5.41) is 9.86. The quantitative estimate of drug-likeness (QED) is 0.601. The molecule has 0 radical (unpaired) electrons. The number of Topliss-reactive ketones (excluding diaryl/α,β-unsaturated/α-hetero) is 1. The van der Waals surface area contributed by atoms with E-state index in [0.29, 0.717) is 17.2 Å². The van der Waals surface area contributed by atoms with Gasteiger partial charge in [-0.2, -0.15) is 5.10 Å². The predicted octanol–water partition coefficient (Wildman–Crippen LogP) is 3.09. The highest BCUT2D eigenvalue weighted by Gasteiger charge is 2.07. The smallest absolute Gasteiger partial charge is 0.267 e. The van der Waals surface area contributed by atoms with Gasteiger partial charge in [-0.15, -0.1) is 0 Å². The van der Waals surface area contributed by atoms with Crippen molar-refractivity contribution < 1.29 is 14.0 Å². The second-order valence-corrected chi connectivity index (χ2v) is 6.48. The van der Waals surface area contributed by atoms with E-state index in [1.54, 1.807) is 36.4 Å². The van der Waals surface area contributed by atoms with E-state index in [1.807, 2.05) is 0 Å².